The van der Waals surface area contributed by atoms with Gasteiger partial charge in [0.05, 0.1) is 16.6 Å². The van der Waals surface area contributed by atoms with Gasteiger partial charge < -0.3 is 4.40 Å². The number of ether oxygens (including phenoxy) is 1. The van der Waals surface area contributed by atoms with Gasteiger partial charge in [-0.1, -0.05) is 81.4 Å². The number of para-hydroxylation sites is 4. The minimum Gasteiger partial charge on any atom is -0.0579 e. The third kappa shape index (κ3) is 7.94. The molecule has 0 aliphatic carbocycles. The van der Waals surface area contributed by atoms with Gasteiger partial charge in [-0.25, -0.2) is 0 Å². The fourth-order valence-electron chi connectivity index (χ4n) is 12.6. The van der Waals surface area contributed by atoms with Crippen molar-refractivity contribution in [1.82, 2.24) is 23.1 Å². The van der Waals surface area contributed by atoms with E-state index in [2.05, 4.69) is 273 Å². The molecule has 0 amide bonds. The van der Waals surface area contributed by atoms with Crippen LogP contribution in [0.5, 0.6) is 11.5 Å². The van der Waals surface area contributed by atoms with Crippen LogP contribution in [0.15, 0.2) is 231 Å². The summed E-state index contributed by atoms with van der Waals surface area (Å²) in [5, 5.41) is 6.74. The minimum atomic E-state index is -2.44. The first kappa shape index (κ1) is 46.6. The number of benzene rings is 10. The molecule has 400 valence electrons. The molecular formula is C75H59N5OPt. The predicted octanol–water partition coefficient (Wildman–Crippen LogP) is 19.8. The Labute approximate surface area is 491 Å². The van der Waals surface area contributed by atoms with E-state index in [-0.39, 0.29) is 16.4 Å². The van der Waals surface area contributed by atoms with Crippen LogP contribution in [0, 0.1) is 10.7 Å². The molecule has 0 aliphatic rings. The van der Waals surface area contributed by atoms with Gasteiger partial charge in [0.1, 0.15) is 0 Å². The normalized spacial score (nSPS) is 13.1. The predicted molar refractivity (Wildman–Crippen MR) is 338 cm³/mol. The van der Waals surface area contributed by atoms with E-state index in [1.807, 2.05) is 24.3 Å². The Morgan fingerprint density at radius 2 is 0.976 bits per heavy atom. The van der Waals surface area contributed by atoms with E-state index >= 15 is 0 Å². The average Bonchev–Trinajstić information content (AvgIpc) is 1.57. The van der Waals surface area contributed by atoms with Crippen LogP contribution in [0.4, 0.5) is 0 Å². The van der Waals surface area contributed by atoms with Crippen LogP contribution in [-0.4, -0.2) is 23.1 Å². The monoisotopic (exact) mass is 1240 g/mol. The van der Waals surface area contributed by atoms with Gasteiger partial charge in [0.2, 0.25) is 0 Å². The molecule has 0 N–H and O–H groups in total. The zero-order chi connectivity index (χ0) is 58.3. The van der Waals surface area contributed by atoms with Crippen molar-refractivity contribution in [2.24, 2.45) is 0 Å². The summed E-state index contributed by atoms with van der Waals surface area (Å²) in [5.74, 6) is 1.78. The Hall–Kier alpha value is -9.09. The first-order valence-electron chi connectivity index (χ1n) is 29.5. The summed E-state index contributed by atoms with van der Waals surface area (Å²) in [5.41, 5.74) is 17.8. The Balaban J connectivity index is 0.906. The van der Waals surface area contributed by atoms with Gasteiger partial charge in [-0.05, 0) is 35.0 Å². The third-order valence-corrected chi connectivity index (χ3v) is 17.7. The van der Waals surface area contributed by atoms with Crippen LogP contribution in [0.25, 0.3) is 122 Å². The molecule has 0 atom stereocenters. The van der Waals surface area contributed by atoms with E-state index in [0.717, 1.165) is 92.3 Å². The fourth-order valence-corrected chi connectivity index (χ4v) is 13.6. The van der Waals surface area contributed by atoms with Crippen molar-refractivity contribution in [3.8, 4) is 62.1 Å². The summed E-state index contributed by atoms with van der Waals surface area (Å²) in [6.45, 7) is 10.9. The molecule has 15 aromatic rings. The molecule has 0 saturated heterocycles. The fraction of sp³-hybridized carbons (Fsp3) is 0.120. The number of rotatable bonds is 8. The number of imidazole rings is 1. The van der Waals surface area contributed by atoms with Crippen LogP contribution in [-0.2, 0) is 30.2 Å². The Morgan fingerprint density at radius 3 is 1.66 bits per heavy atom. The molecule has 6 nitrogen and oxygen atoms in total. The molecule has 82 heavy (non-hydrogen) atoms. The van der Waals surface area contributed by atoms with Gasteiger partial charge in [0.15, 0.2) is 0 Å². The van der Waals surface area contributed by atoms with Gasteiger partial charge >= 0.3 is 320 Å². The van der Waals surface area contributed by atoms with E-state index < -0.39 is 6.85 Å². The average molecular weight is 1240 g/mol. The number of fused-ring (bicyclic) bond motifs is 10. The minimum absolute atomic E-state index is 0.0592. The zero-order valence-corrected chi connectivity index (χ0v) is 48.7. The van der Waals surface area contributed by atoms with E-state index in [1.54, 1.807) is 12.3 Å². The van der Waals surface area contributed by atoms with Crippen molar-refractivity contribution in [3.63, 3.8) is 0 Å². The smallest absolute Gasteiger partial charge is 0.0579 e. The van der Waals surface area contributed by atoms with Crippen molar-refractivity contribution < 1.29 is 28.2 Å². The summed E-state index contributed by atoms with van der Waals surface area (Å²) in [6.07, 6.45) is 1.74. The quantitative estimate of drug-likeness (QED) is 0.152. The Kier molecular flexibility index (Phi) is 10.7. The van der Waals surface area contributed by atoms with E-state index in [4.69, 9.17) is 13.8 Å². The van der Waals surface area contributed by atoms with Crippen molar-refractivity contribution >= 4 is 70.9 Å². The van der Waals surface area contributed by atoms with Crippen molar-refractivity contribution in [3.05, 3.63) is 251 Å². The molecule has 10 aromatic carbocycles. The van der Waals surface area contributed by atoms with Crippen LogP contribution in [0.1, 0.15) is 62.3 Å². The molecule has 15 rings (SSSR count). The number of pyridine rings is 1. The molecule has 5 heterocycles. The van der Waals surface area contributed by atoms with Crippen molar-refractivity contribution in [2.75, 3.05) is 0 Å². The first-order chi connectivity index (χ1) is 41.0. The third-order valence-electron chi connectivity index (χ3n) is 16.6. The molecule has 5 aromatic heterocycles. The van der Waals surface area contributed by atoms with Gasteiger partial charge in [-0.3, -0.25) is 0 Å². The van der Waals surface area contributed by atoms with Gasteiger partial charge in [0, 0.05) is 37.4 Å². The molecule has 0 unspecified atom stereocenters. The van der Waals surface area contributed by atoms with E-state index in [9.17, 15) is 0 Å². The standard InChI is InChI=1S/C75H59N5O.Pt/c1-47-38-71(76-45-64(47)50-32-34-51(35-33-50)74(2,3)4)79-68-42-55(36-37-57(68)62-43-63-59-28-19-27-58-56-26-14-15-29-65(56)80(73(58)59)70(63)44-69(62)79)81-54-25-18-24-53(41-54)77-46-78(67-31-17-16-30-66(67)77)72-60(48-20-10-8-11-21-48)39-52(75(5,6)7)40-61(72)49-22-12-9-13-23-49;/h8-45H,1-7H3;/i1D3;. The number of aryl methyl sites for hydroxylation is 1. The Morgan fingerprint density at radius 1 is 0.415 bits per heavy atom. The van der Waals surface area contributed by atoms with Crippen molar-refractivity contribution in [1.29, 1.82) is 0 Å². The summed E-state index contributed by atoms with van der Waals surface area (Å²) in [4.78, 5) is 5.19. The van der Waals surface area contributed by atoms with Crippen LogP contribution >= 0.6 is 0 Å². The molecular weight excluding hydrogens is 1180 g/mol. The Bertz CT molecular complexity index is 5170. The summed E-state index contributed by atoms with van der Waals surface area (Å²) in [7, 11) is 0. The molecule has 0 fully saturated rings. The second-order valence-electron chi connectivity index (χ2n) is 23.8. The molecule has 0 spiro atoms. The van der Waals surface area contributed by atoms with E-state index in [0.29, 0.717) is 22.9 Å². The number of hydrogen-bond donors (Lipinski definition) is 0. The second-order valence-corrected chi connectivity index (χ2v) is 24.8. The second kappa shape index (κ2) is 18.7. The number of aromatic nitrogens is 5. The summed E-state index contributed by atoms with van der Waals surface area (Å²) >= 11 is 2.51. The summed E-state index contributed by atoms with van der Waals surface area (Å²) in [6, 6.07) is 79.2. The zero-order valence-electron chi connectivity index (χ0n) is 49.4. The SMILES string of the molecule is [2H]C([2H])([2H])c1cc(-n2c3cc(Oc4cccc(-n5[c](=[Pt])n(-c6c(-c7ccccc7)cc(C(C)(C)C)cc6-c6ccccc6)c6ccccc65)c4)ccc3c3cc4c5cccc6c7ccccc7n(c4cc32)c65)ncc1-c1ccc(C(C)(C)C)cc1. The number of hydrogen-bond acceptors (Lipinski definition) is 2. The molecule has 7 heteroatoms. The maximum atomic E-state index is 8.98. The summed E-state index contributed by atoms with van der Waals surface area (Å²) < 4.78 is 44.2. The van der Waals surface area contributed by atoms with E-state index in [1.165, 1.54) is 32.8 Å². The molecule has 0 bridgehead atoms. The van der Waals surface area contributed by atoms with Gasteiger partial charge in [-0.15, -0.1) is 0 Å². The van der Waals surface area contributed by atoms with Gasteiger partial charge in [-0.2, -0.15) is 0 Å². The van der Waals surface area contributed by atoms with Crippen molar-refractivity contribution in [2.45, 2.75) is 59.2 Å². The van der Waals surface area contributed by atoms with Crippen LogP contribution in [0.3, 0.4) is 0 Å². The maximum absolute atomic E-state index is 8.98. The number of nitrogens with zero attached hydrogens (tertiary/aromatic N) is 5. The van der Waals surface area contributed by atoms with Gasteiger partial charge in [0.25, 0.3) is 0 Å². The van der Waals surface area contributed by atoms with Crippen LogP contribution in [0.2, 0.25) is 0 Å². The topological polar surface area (TPSA) is 41.3 Å². The van der Waals surface area contributed by atoms with Crippen LogP contribution < -0.4 is 4.74 Å². The molecule has 0 aliphatic heterocycles. The first-order valence-corrected chi connectivity index (χ1v) is 29.1. The molecule has 0 radical (unpaired) electrons. The molecule has 0 saturated carbocycles.